The van der Waals surface area contributed by atoms with Crippen LogP contribution in [-0.4, -0.2) is 32.7 Å². The SMILES string of the molecule is Cc1ccc(C2=NN(c3nc(-c4ccco4)cc(C(F)(F)F)n3)[C@@](O)(C(F)(F)F)C2)cc1C. The lowest BCUT2D eigenvalue weighted by molar-refractivity contribution is -0.254. The Balaban J connectivity index is 1.90. The predicted molar refractivity (Wildman–Crippen MR) is 105 cm³/mol. The molecule has 3 heterocycles. The largest absolute Gasteiger partial charge is 0.463 e. The number of aromatic nitrogens is 2. The zero-order valence-corrected chi connectivity index (χ0v) is 17.2. The first kappa shape index (κ1) is 22.8. The van der Waals surface area contributed by atoms with Gasteiger partial charge in [0.2, 0.25) is 5.95 Å². The van der Waals surface area contributed by atoms with Crippen LogP contribution in [0.15, 0.2) is 52.2 Å². The highest BCUT2D eigenvalue weighted by Gasteiger charge is 2.63. The van der Waals surface area contributed by atoms with Gasteiger partial charge in [-0.1, -0.05) is 12.1 Å². The number of hydrogen-bond donors (Lipinski definition) is 1. The first-order valence-corrected chi connectivity index (χ1v) is 9.54. The predicted octanol–water partition coefficient (Wildman–Crippen LogP) is 5.24. The summed E-state index contributed by atoms with van der Waals surface area (Å²) >= 11 is 0. The molecule has 12 heteroatoms. The summed E-state index contributed by atoms with van der Waals surface area (Å²) < 4.78 is 87.3. The highest BCUT2D eigenvalue weighted by Crippen LogP contribution is 2.44. The second-order valence-electron chi connectivity index (χ2n) is 7.56. The van der Waals surface area contributed by atoms with Crippen LogP contribution in [0.3, 0.4) is 0 Å². The van der Waals surface area contributed by atoms with Crippen LogP contribution < -0.4 is 5.01 Å². The maximum Gasteiger partial charge on any atom is 0.438 e. The van der Waals surface area contributed by atoms with Crippen molar-refractivity contribution in [1.82, 2.24) is 9.97 Å². The Labute approximate surface area is 183 Å². The lowest BCUT2D eigenvalue weighted by Gasteiger charge is -2.32. The number of furan rings is 1. The van der Waals surface area contributed by atoms with E-state index in [1.54, 1.807) is 26.0 Å². The molecule has 174 valence electrons. The van der Waals surface area contributed by atoms with Crippen LogP contribution in [0.2, 0.25) is 0 Å². The van der Waals surface area contributed by atoms with Gasteiger partial charge in [0.15, 0.2) is 11.5 Å². The van der Waals surface area contributed by atoms with Crippen LogP contribution in [-0.2, 0) is 6.18 Å². The molecule has 0 unspecified atom stereocenters. The average molecular weight is 470 g/mol. The van der Waals surface area contributed by atoms with Gasteiger partial charge < -0.3 is 9.52 Å². The molecule has 0 amide bonds. The van der Waals surface area contributed by atoms with Gasteiger partial charge in [0.05, 0.1) is 18.4 Å². The van der Waals surface area contributed by atoms with Gasteiger partial charge in [-0.25, -0.2) is 9.97 Å². The second kappa shape index (κ2) is 7.58. The Kier molecular flexibility index (Phi) is 5.23. The van der Waals surface area contributed by atoms with Crippen molar-refractivity contribution in [2.75, 3.05) is 5.01 Å². The zero-order chi connectivity index (χ0) is 24.2. The van der Waals surface area contributed by atoms with Gasteiger partial charge in [-0.05, 0) is 54.8 Å². The van der Waals surface area contributed by atoms with Gasteiger partial charge >= 0.3 is 12.4 Å². The van der Waals surface area contributed by atoms with E-state index in [0.29, 0.717) is 6.07 Å². The number of alkyl halides is 6. The van der Waals surface area contributed by atoms with Gasteiger partial charge in [-0.15, -0.1) is 0 Å². The fraction of sp³-hybridized carbons (Fsp3) is 0.286. The summed E-state index contributed by atoms with van der Waals surface area (Å²) in [6.07, 6.45) is -10.2. The first-order chi connectivity index (χ1) is 15.3. The molecule has 1 aliphatic heterocycles. The molecule has 0 saturated carbocycles. The van der Waals surface area contributed by atoms with Crippen molar-refractivity contribution in [2.45, 2.75) is 38.3 Å². The Morgan fingerprint density at radius 2 is 1.73 bits per heavy atom. The Hall–Kier alpha value is -3.41. The van der Waals surface area contributed by atoms with Crippen molar-refractivity contribution in [3.8, 4) is 11.5 Å². The monoisotopic (exact) mass is 470 g/mol. The Bertz CT molecular complexity index is 1220. The summed E-state index contributed by atoms with van der Waals surface area (Å²) in [5, 5.41) is 14.4. The van der Waals surface area contributed by atoms with E-state index < -0.39 is 41.8 Å². The van der Waals surface area contributed by atoms with Gasteiger partial charge in [0.1, 0.15) is 5.69 Å². The molecule has 2 aromatic heterocycles. The number of aryl methyl sites for hydroxylation is 2. The molecule has 0 spiro atoms. The standard InChI is InChI=1S/C21H16F6N4O2/c1-11-5-6-13(8-12(11)2)15-10-19(32,21(25,26)27)31(30-15)18-28-14(16-4-3-7-33-16)9-17(29-18)20(22,23)24/h3-9,32H,10H2,1-2H3/t19-/m0/s1. The third-order valence-corrected chi connectivity index (χ3v) is 5.25. The van der Waals surface area contributed by atoms with Crippen molar-refractivity contribution in [3.63, 3.8) is 0 Å². The van der Waals surface area contributed by atoms with Gasteiger partial charge in [-0.3, -0.25) is 0 Å². The number of nitrogens with zero attached hydrogens (tertiary/aromatic N) is 4. The highest BCUT2D eigenvalue weighted by molar-refractivity contribution is 6.03. The summed E-state index contributed by atoms with van der Waals surface area (Å²) in [4.78, 5) is 7.04. The fourth-order valence-electron chi connectivity index (χ4n) is 3.28. The maximum atomic E-state index is 14.0. The lowest BCUT2D eigenvalue weighted by atomic mass is 9.98. The molecule has 0 aliphatic carbocycles. The van der Waals surface area contributed by atoms with Crippen LogP contribution in [0.1, 0.15) is 28.8 Å². The molecular weight excluding hydrogens is 454 g/mol. The summed E-state index contributed by atoms with van der Waals surface area (Å²) in [6.45, 7) is 3.55. The van der Waals surface area contributed by atoms with Crippen molar-refractivity contribution in [2.24, 2.45) is 5.10 Å². The number of rotatable bonds is 3. The van der Waals surface area contributed by atoms with E-state index in [9.17, 15) is 31.4 Å². The minimum absolute atomic E-state index is 0.0147. The van der Waals surface area contributed by atoms with Crippen molar-refractivity contribution in [1.29, 1.82) is 0 Å². The zero-order valence-electron chi connectivity index (χ0n) is 17.2. The first-order valence-electron chi connectivity index (χ1n) is 9.54. The molecule has 1 aromatic carbocycles. The van der Waals surface area contributed by atoms with Crippen molar-refractivity contribution < 1.29 is 35.9 Å². The molecule has 6 nitrogen and oxygen atoms in total. The minimum atomic E-state index is -5.29. The summed E-state index contributed by atoms with van der Waals surface area (Å²) in [6, 6.07) is 7.97. The van der Waals surface area contributed by atoms with E-state index in [4.69, 9.17) is 4.42 Å². The smallest absolute Gasteiger partial charge is 0.438 e. The van der Waals surface area contributed by atoms with E-state index in [-0.39, 0.29) is 22.0 Å². The Morgan fingerprint density at radius 1 is 1.00 bits per heavy atom. The molecule has 0 fully saturated rings. The molecule has 0 saturated heterocycles. The average Bonchev–Trinajstić information content (AvgIpc) is 3.37. The van der Waals surface area contributed by atoms with Crippen LogP contribution in [0.4, 0.5) is 32.3 Å². The van der Waals surface area contributed by atoms with Crippen molar-refractivity contribution >= 4 is 11.7 Å². The topological polar surface area (TPSA) is 74.8 Å². The fourth-order valence-corrected chi connectivity index (χ4v) is 3.28. The second-order valence-corrected chi connectivity index (χ2v) is 7.56. The number of hydrogen-bond acceptors (Lipinski definition) is 6. The quantitative estimate of drug-likeness (QED) is 0.530. The summed E-state index contributed by atoms with van der Waals surface area (Å²) in [5.41, 5.74) is -3.86. The van der Waals surface area contributed by atoms with Gasteiger partial charge in [0, 0.05) is 0 Å². The summed E-state index contributed by atoms with van der Waals surface area (Å²) in [5.74, 6) is -1.20. The van der Waals surface area contributed by atoms with Crippen LogP contribution in [0.25, 0.3) is 11.5 Å². The molecule has 1 atom stereocenters. The molecule has 0 radical (unpaired) electrons. The maximum absolute atomic E-state index is 14.0. The molecular formula is C21H16F6N4O2. The third kappa shape index (κ3) is 4.06. The number of anilines is 1. The molecule has 4 rings (SSSR count). The van der Waals surface area contributed by atoms with E-state index in [1.807, 2.05) is 0 Å². The minimum Gasteiger partial charge on any atom is -0.463 e. The molecule has 1 N–H and O–H groups in total. The number of benzene rings is 1. The number of hydrazone groups is 1. The molecule has 33 heavy (non-hydrogen) atoms. The number of halogens is 6. The Morgan fingerprint density at radius 3 is 2.30 bits per heavy atom. The van der Waals surface area contributed by atoms with Crippen molar-refractivity contribution in [3.05, 3.63) is 65.0 Å². The van der Waals surface area contributed by atoms with E-state index in [0.717, 1.165) is 11.1 Å². The lowest BCUT2D eigenvalue weighted by Crippen LogP contribution is -2.55. The molecule has 1 aliphatic rings. The van der Waals surface area contributed by atoms with Crippen LogP contribution in [0.5, 0.6) is 0 Å². The molecule has 0 bridgehead atoms. The third-order valence-electron chi connectivity index (χ3n) is 5.25. The van der Waals surface area contributed by atoms with Crippen LogP contribution in [0, 0.1) is 13.8 Å². The van der Waals surface area contributed by atoms with Gasteiger partial charge in [-0.2, -0.15) is 36.5 Å². The summed E-state index contributed by atoms with van der Waals surface area (Å²) in [7, 11) is 0. The number of aliphatic hydroxyl groups is 1. The van der Waals surface area contributed by atoms with E-state index in [2.05, 4.69) is 15.1 Å². The van der Waals surface area contributed by atoms with E-state index >= 15 is 0 Å². The van der Waals surface area contributed by atoms with Crippen LogP contribution >= 0.6 is 0 Å². The highest BCUT2D eigenvalue weighted by atomic mass is 19.4. The normalized spacial score (nSPS) is 19.2. The molecule has 3 aromatic rings. The van der Waals surface area contributed by atoms with Gasteiger partial charge in [0.25, 0.3) is 5.72 Å². The van der Waals surface area contributed by atoms with E-state index in [1.165, 1.54) is 24.5 Å².